The van der Waals surface area contributed by atoms with Crippen molar-refractivity contribution < 1.29 is 26.4 Å². The Bertz CT molecular complexity index is 1720. The molecule has 0 bridgehead atoms. The second-order valence-electron chi connectivity index (χ2n) is 9.02. The van der Waals surface area contributed by atoms with Gasteiger partial charge in [-0.1, -0.05) is 30.3 Å². The summed E-state index contributed by atoms with van der Waals surface area (Å²) in [5.41, 5.74) is 1.72. The molecule has 8 nitrogen and oxygen atoms in total. The predicted octanol–water partition coefficient (Wildman–Crippen LogP) is 4.18. The second-order valence-corrected chi connectivity index (χ2v) is 11.3. The monoisotopic (exact) mass is 539 g/mol. The number of nitriles is 1. The van der Waals surface area contributed by atoms with E-state index in [-0.39, 0.29) is 22.7 Å². The van der Waals surface area contributed by atoms with Crippen LogP contribution in [0.15, 0.2) is 54.7 Å². The van der Waals surface area contributed by atoms with Gasteiger partial charge < -0.3 is 5.32 Å². The van der Waals surface area contributed by atoms with Gasteiger partial charge in [-0.05, 0) is 31.5 Å². The van der Waals surface area contributed by atoms with E-state index in [9.17, 15) is 31.6 Å². The Kier molecular flexibility index (Phi) is 6.19. The number of nitrogens with zero attached hydrogens (tertiary/aromatic N) is 4. The number of carbonyl (C=O) groups is 1. The molecule has 1 fully saturated rings. The molecule has 0 aliphatic carbocycles. The van der Waals surface area contributed by atoms with Gasteiger partial charge in [-0.2, -0.15) is 23.5 Å². The number of aryl methyl sites for hydroxylation is 1. The zero-order valence-corrected chi connectivity index (χ0v) is 20.8. The zero-order valence-electron chi connectivity index (χ0n) is 20.0. The lowest BCUT2D eigenvalue weighted by Gasteiger charge is -2.14. The largest absolute Gasteiger partial charge is 0.416 e. The first-order chi connectivity index (χ1) is 18.0. The molecule has 1 N–H and O–H groups in total. The Morgan fingerprint density at radius 1 is 1.13 bits per heavy atom. The summed E-state index contributed by atoms with van der Waals surface area (Å²) in [6, 6.07) is 12.8. The Balaban J connectivity index is 1.69. The van der Waals surface area contributed by atoms with Crippen molar-refractivity contribution in [1.82, 2.24) is 19.9 Å². The lowest BCUT2D eigenvalue weighted by molar-refractivity contribution is -0.137. The molecule has 5 rings (SSSR count). The van der Waals surface area contributed by atoms with Crippen LogP contribution in [-0.2, 0) is 16.0 Å². The standard InChI is InChI=1S/C26H20F3N5O3S/c1-15-22(25(35)32-19-10-11-38(36,37)14-19)24-31-13-21(20-5-3-2-4-17(20)12-30)23(34(24)33-15)16-6-8-18(9-7-16)26(27,28)29/h2-9,13,19H,10-11,14H2,1H3,(H,32,35). The van der Waals surface area contributed by atoms with Crippen molar-refractivity contribution in [1.29, 1.82) is 5.26 Å². The summed E-state index contributed by atoms with van der Waals surface area (Å²) in [5, 5.41) is 16.9. The van der Waals surface area contributed by atoms with Crippen LogP contribution in [0.1, 0.15) is 33.6 Å². The summed E-state index contributed by atoms with van der Waals surface area (Å²) >= 11 is 0. The van der Waals surface area contributed by atoms with E-state index < -0.39 is 33.5 Å². The molecule has 1 amide bonds. The minimum atomic E-state index is -4.52. The summed E-state index contributed by atoms with van der Waals surface area (Å²) in [7, 11) is -3.22. The Hall–Kier alpha value is -4.24. The highest BCUT2D eigenvalue weighted by atomic mass is 32.2. The molecule has 38 heavy (non-hydrogen) atoms. The van der Waals surface area contributed by atoms with Crippen molar-refractivity contribution >= 4 is 21.4 Å². The van der Waals surface area contributed by atoms with Crippen LogP contribution in [0, 0.1) is 18.3 Å². The third-order valence-corrected chi connectivity index (χ3v) is 8.20. The summed E-state index contributed by atoms with van der Waals surface area (Å²) in [6.45, 7) is 1.59. The topological polar surface area (TPSA) is 117 Å². The Morgan fingerprint density at radius 3 is 2.47 bits per heavy atom. The number of nitrogens with one attached hydrogen (secondary N) is 1. The summed E-state index contributed by atoms with van der Waals surface area (Å²) < 4.78 is 64.7. The van der Waals surface area contributed by atoms with Gasteiger partial charge in [-0.25, -0.2) is 17.9 Å². The minimum absolute atomic E-state index is 0.0102. The number of halogens is 3. The van der Waals surface area contributed by atoms with Crippen LogP contribution in [0.5, 0.6) is 0 Å². The second kappa shape index (κ2) is 9.25. The molecule has 0 radical (unpaired) electrons. The maximum absolute atomic E-state index is 13.2. The van der Waals surface area contributed by atoms with Crippen molar-refractivity contribution in [3.05, 3.63) is 77.1 Å². The van der Waals surface area contributed by atoms with Crippen LogP contribution in [0.25, 0.3) is 28.0 Å². The number of aromatic nitrogens is 3. The van der Waals surface area contributed by atoms with Gasteiger partial charge >= 0.3 is 6.18 Å². The molecule has 0 saturated carbocycles. The van der Waals surface area contributed by atoms with E-state index in [1.807, 2.05) is 0 Å². The third kappa shape index (κ3) is 4.61. The number of hydrogen-bond donors (Lipinski definition) is 1. The van der Waals surface area contributed by atoms with E-state index in [2.05, 4.69) is 21.5 Å². The molecule has 1 aliphatic heterocycles. The average molecular weight is 540 g/mol. The molecule has 1 aliphatic rings. The van der Waals surface area contributed by atoms with Gasteiger partial charge in [0, 0.05) is 28.9 Å². The number of sulfone groups is 1. The van der Waals surface area contributed by atoms with Crippen LogP contribution in [-0.4, -0.2) is 46.5 Å². The third-order valence-electron chi connectivity index (χ3n) is 6.44. The number of benzene rings is 2. The molecule has 3 heterocycles. The van der Waals surface area contributed by atoms with Crippen LogP contribution >= 0.6 is 0 Å². The van der Waals surface area contributed by atoms with Crippen molar-refractivity contribution in [2.45, 2.75) is 25.6 Å². The van der Waals surface area contributed by atoms with Crippen molar-refractivity contribution in [2.75, 3.05) is 11.5 Å². The van der Waals surface area contributed by atoms with E-state index in [1.54, 1.807) is 31.2 Å². The fourth-order valence-corrected chi connectivity index (χ4v) is 6.30. The van der Waals surface area contributed by atoms with Gasteiger partial charge in [0.25, 0.3) is 5.91 Å². The molecule has 194 valence electrons. The van der Waals surface area contributed by atoms with Gasteiger partial charge in [-0.3, -0.25) is 4.79 Å². The lowest BCUT2D eigenvalue weighted by Crippen LogP contribution is -2.35. The molecule has 4 aromatic rings. The maximum Gasteiger partial charge on any atom is 0.416 e. The molecule has 2 aromatic heterocycles. The molecular weight excluding hydrogens is 519 g/mol. The molecule has 1 atom stereocenters. The fraction of sp³-hybridized carbons (Fsp3) is 0.231. The highest BCUT2D eigenvalue weighted by Gasteiger charge is 2.32. The summed E-state index contributed by atoms with van der Waals surface area (Å²) in [5.74, 6) is -0.712. The van der Waals surface area contributed by atoms with Crippen LogP contribution < -0.4 is 5.32 Å². The van der Waals surface area contributed by atoms with E-state index >= 15 is 0 Å². The molecule has 0 spiro atoms. The van der Waals surface area contributed by atoms with Crippen LogP contribution in [0.3, 0.4) is 0 Å². The van der Waals surface area contributed by atoms with E-state index in [1.165, 1.54) is 22.8 Å². The molecule has 2 aromatic carbocycles. The number of amides is 1. The quantitative estimate of drug-likeness (QED) is 0.416. The van der Waals surface area contributed by atoms with Crippen LogP contribution in [0.4, 0.5) is 13.2 Å². The predicted molar refractivity (Wildman–Crippen MR) is 133 cm³/mol. The number of rotatable bonds is 4. The molecule has 12 heteroatoms. The number of fused-ring (bicyclic) bond motifs is 1. The minimum Gasteiger partial charge on any atom is -0.348 e. The van der Waals surface area contributed by atoms with Gasteiger partial charge in [0.05, 0.1) is 40.1 Å². The van der Waals surface area contributed by atoms with Gasteiger partial charge in [0.15, 0.2) is 15.5 Å². The Morgan fingerprint density at radius 2 is 1.84 bits per heavy atom. The molecule has 1 unspecified atom stereocenters. The lowest BCUT2D eigenvalue weighted by atomic mass is 9.96. The van der Waals surface area contributed by atoms with Gasteiger partial charge in [0.2, 0.25) is 0 Å². The van der Waals surface area contributed by atoms with Crippen molar-refractivity contribution in [3.8, 4) is 28.5 Å². The van der Waals surface area contributed by atoms with Gasteiger partial charge in [0.1, 0.15) is 5.56 Å². The number of hydrogen-bond acceptors (Lipinski definition) is 6. The average Bonchev–Trinajstić information content (AvgIpc) is 3.40. The van der Waals surface area contributed by atoms with Crippen LogP contribution in [0.2, 0.25) is 0 Å². The van der Waals surface area contributed by atoms with Crippen molar-refractivity contribution in [3.63, 3.8) is 0 Å². The first-order valence-corrected chi connectivity index (χ1v) is 13.4. The van der Waals surface area contributed by atoms with E-state index in [0.29, 0.717) is 40.1 Å². The highest BCUT2D eigenvalue weighted by molar-refractivity contribution is 7.91. The fourth-order valence-electron chi connectivity index (χ4n) is 4.63. The number of alkyl halides is 3. The smallest absolute Gasteiger partial charge is 0.348 e. The van der Waals surface area contributed by atoms with Gasteiger partial charge in [-0.15, -0.1) is 0 Å². The summed E-state index contributed by atoms with van der Waals surface area (Å²) in [6.07, 6.45) is -2.77. The molecular formula is C26H20F3N5O3S. The zero-order chi connectivity index (χ0) is 27.2. The van der Waals surface area contributed by atoms with E-state index in [4.69, 9.17) is 0 Å². The Labute approximate surface area is 215 Å². The normalized spacial score (nSPS) is 16.9. The maximum atomic E-state index is 13.2. The first-order valence-electron chi connectivity index (χ1n) is 11.6. The van der Waals surface area contributed by atoms with Crippen molar-refractivity contribution in [2.24, 2.45) is 0 Å². The SMILES string of the molecule is Cc1nn2c(-c3ccc(C(F)(F)F)cc3)c(-c3ccccc3C#N)cnc2c1C(=O)NC1CCS(=O)(=O)C1. The van der Waals surface area contributed by atoms with E-state index in [0.717, 1.165) is 12.1 Å². The summed E-state index contributed by atoms with van der Waals surface area (Å²) in [4.78, 5) is 17.7. The number of carbonyl (C=O) groups excluding carboxylic acids is 1. The first kappa shape index (κ1) is 25.4. The molecule has 1 saturated heterocycles. The highest BCUT2D eigenvalue weighted by Crippen LogP contribution is 2.37.